The molecule has 0 saturated carbocycles. The van der Waals surface area contributed by atoms with Crippen LogP contribution >= 0.6 is 11.8 Å². The highest BCUT2D eigenvalue weighted by Gasteiger charge is 2.51. The van der Waals surface area contributed by atoms with Gasteiger partial charge in [-0.05, 0) is 63.7 Å². The van der Waals surface area contributed by atoms with E-state index in [9.17, 15) is 0 Å². The second-order valence-electron chi connectivity index (χ2n) is 13.2. The molecule has 0 N–H and O–H groups in total. The average molecular weight is 669 g/mol. The van der Waals surface area contributed by atoms with Gasteiger partial charge in [0.05, 0.1) is 16.8 Å². The zero-order valence-electron chi connectivity index (χ0n) is 27.4. The lowest BCUT2D eigenvalue weighted by atomic mass is 9.67. The number of furan rings is 1. The maximum absolute atomic E-state index is 6.92. The molecule has 0 radical (unpaired) electrons. The lowest BCUT2D eigenvalue weighted by Gasteiger charge is -2.39. The topological polar surface area (TPSA) is 38.9 Å². The molecule has 1 aliphatic heterocycles. The summed E-state index contributed by atoms with van der Waals surface area (Å²) in [5.41, 5.74) is 13.4. The highest BCUT2D eigenvalue weighted by atomic mass is 32.2. The van der Waals surface area contributed by atoms with Crippen LogP contribution < -0.4 is 0 Å². The Bertz CT molecular complexity index is 2740. The Morgan fingerprint density at radius 3 is 1.80 bits per heavy atom. The van der Waals surface area contributed by atoms with E-state index in [-0.39, 0.29) is 0 Å². The van der Waals surface area contributed by atoms with E-state index in [0.717, 1.165) is 50.0 Å². The SMILES string of the molecule is c1ccc(-c2cc(-c3cc4c(c5c3oc3ccccc35)-c3ccccc3C43c4ccccc4Sc4ccccc43)nc(-c3ccccc3)n2)cc1. The van der Waals surface area contributed by atoms with Crippen LogP contribution in [-0.4, -0.2) is 9.97 Å². The normalized spacial score (nSPS) is 13.6. The Morgan fingerprint density at radius 2 is 1.06 bits per heavy atom. The van der Waals surface area contributed by atoms with Crippen LogP contribution in [0.4, 0.5) is 0 Å². The number of para-hydroxylation sites is 1. The van der Waals surface area contributed by atoms with E-state index in [1.807, 2.05) is 36.0 Å². The van der Waals surface area contributed by atoms with Crippen LogP contribution in [0.25, 0.3) is 67.0 Å². The van der Waals surface area contributed by atoms with Crippen LogP contribution in [0.1, 0.15) is 22.3 Å². The first-order valence-electron chi connectivity index (χ1n) is 17.2. The molecule has 2 aromatic heterocycles. The summed E-state index contributed by atoms with van der Waals surface area (Å²) in [6.07, 6.45) is 0. The van der Waals surface area contributed by atoms with Gasteiger partial charge in [0.2, 0.25) is 0 Å². The second-order valence-corrected chi connectivity index (χ2v) is 14.3. The number of nitrogens with zero attached hydrogens (tertiary/aromatic N) is 2. The van der Waals surface area contributed by atoms with Gasteiger partial charge >= 0.3 is 0 Å². The Morgan fingerprint density at radius 1 is 0.471 bits per heavy atom. The Kier molecular flexibility index (Phi) is 6.10. The van der Waals surface area contributed by atoms with E-state index in [2.05, 4.69) is 146 Å². The first-order valence-corrected chi connectivity index (χ1v) is 18.1. The predicted octanol–water partition coefficient (Wildman–Crippen LogP) is 12.2. The Balaban J connectivity index is 1.32. The number of fused-ring (bicyclic) bond motifs is 13. The number of hydrogen-bond donors (Lipinski definition) is 0. The van der Waals surface area contributed by atoms with Gasteiger partial charge in [-0.1, -0.05) is 151 Å². The molecule has 3 heterocycles. The van der Waals surface area contributed by atoms with E-state index in [1.165, 1.54) is 43.2 Å². The number of rotatable bonds is 3. The first-order chi connectivity index (χ1) is 25.3. The van der Waals surface area contributed by atoms with Gasteiger partial charge in [-0.25, -0.2) is 9.97 Å². The van der Waals surface area contributed by atoms with Gasteiger partial charge in [0.1, 0.15) is 11.2 Å². The third kappa shape index (κ3) is 4.02. The molecule has 51 heavy (non-hydrogen) atoms. The van der Waals surface area contributed by atoms with Crippen LogP contribution in [0.2, 0.25) is 0 Å². The fourth-order valence-electron chi connectivity index (χ4n) is 8.47. The third-order valence-electron chi connectivity index (χ3n) is 10.6. The molecule has 0 bridgehead atoms. The lowest BCUT2D eigenvalue weighted by Crippen LogP contribution is -2.32. The largest absolute Gasteiger partial charge is 0.455 e. The summed E-state index contributed by atoms with van der Waals surface area (Å²) in [7, 11) is 0. The highest BCUT2D eigenvalue weighted by molar-refractivity contribution is 7.99. The smallest absolute Gasteiger partial charge is 0.160 e. The maximum Gasteiger partial charge on any atom is 0.160 e. The summed E-state index contributed by atoms with van der Waals surface area (Å²) in [5.74, 6) is 0.680. The molecule has 7 aromatic carbocycles. The van der Waals surface area contributed by atoms with Gasteiger partial charge < -0.3 is 4.42 Å². The minimum absolute atomic E-state index is 0.538. The third-order valence-corrected chi connectivity index (χ3v) is 11.7. The summed E-state index contributed by atoms with van der Waals surface area (Å²) in [5, 5.41) is 2.22. The monoisotopic (exact) mass is 668 g/mol. The van der Waals surface area contributed by atoms with Crippen LogP contribution in [0.3, 0.4) is 0 Å². The minimum Gasteiger partial charge on any atom is -0.455 e. The maximum atomic E-state index is 6.92. The summed E-state index contributed by atoms with van der Waals surface area (Å²) in [6, 6.07) is 60.5. The van der Waals surface area contributed by atoms with Crippen molar-refractivity contribution in [3.05, 3.63) is 192 Å². The van der Waals surface area contributed by atoms with Crippen molar-refractivity contribution >= 4 is 33.7 Å². The van der Waals surface area contributed by atoms with Crippen molar-refractivity contribution in [2.24, 2.45) is 0 Å². The van der Waals surface area contributed by atoms with Crippen molar-refractivity contribution in [3.63, 3.8) is 0 Å². The molecule has 0 atom stereocenters. The molecule has 238 valence electrons. The van der Waals surface area contributed by atoms with Crippen molar-refractivity contribution in [3.8, 4) is 45.0 Å². The van der Waals surface area contributed by atoms with Crippen LogP contribution in [0, 0.1) is 0 Å². The van der Waals surface area contributed by atoms with Crippen LogP contribution in [-0.2, 0) is 5.41 Å². The van der Waals surface area contributed by atoms with Crippen molar-refractivity contribution in [2.75, 3.05) is 0 Å². The standard InChI is InChI=1S/C47H28N2OS/c1-3-15-29(16-4-1)38-28-39(49-46(48-38)30-17-5-2-6-18-30)33-27-37-43(44-32-20-8-12-24-40(32)50-45(33)44)31-19-7-9-21-34(31)47(37)35-22-10-13-25-41(35)51-42-26-14-11-23-36(42)47/h1-28H. The molecule has 3 nitrogen and oxygen atoms in total. The van der Waals surface area contributed by atoms with E-state index >= 15 is 0 Å². The fraction of sp³-hybridized carbons (Fsp3) is 0.0213. The molecule has 0 saturated heterocycles. The summed E-state index contributed by atoms with van der Waals surface area (Å²) in [6.45, 7) is 0. The van der Waals surface area contributed by atoms with E-state index in [0.29, 0.717) is 5.82 Å². The molecular weight excluding hydrogens is 641 g/mol. The van der Waals surface area contributed by atoms with Crippen LogP contribution in [0.5, 0.6) is 0 Å². The number of hydrogen-bond acceptors (Lipinski definition) is 4. The molecule has 1 spiro atoms. The fourth-order valence-corrected chi connectivity index (χ4v) is 9.66. The van der Waals surface area contributed by atoms with E-state index < -0.39 is 5.41 Å². The number of aromatic nitrogens is 2. The molecule has 9 aromatic rings. The molecule has 2 aliphatic rings. The van der Waals surface area contributed by atoms with E-state index in [1.54, 1.807) is 0 Å². The molecule has 0 fully saturated rings. The van der Waals surface area contributed by atoms with Gasteiger partial charge in [0.25, 0.3) is 0 Å². The second kappa shape index (κ2) is 10.9. The van der Waals surface area contributed by atoms with Crippen molar-refractivity contribution in [1.29, 1.82) is 0 Å². The highest BCUT2D eigenvalue weighted by Crippen LogP contribution is 2.64. The molecule has 0 unspecified atom stereocenters. The van der Waals surface area contributed by atoms with Crippen molar-refractivity contribution < 1.29 is 4.42 Å². The summed E-state index contributed by atoms with van der Waals surface area (Å²) < 4.78 is 6.92. The van der Waals surface area contributed by atoms with Gasteiger partial charge in [0, 0.05) is 37.3 Å². The van der Waals surface area contributed by atoms with Gasteiger partial charge in [0.15, 0.2) is 5.82 Å². The Labute approximate surface area is 299 Å². The molecule has 4 heteroatoms. The Hall–Kier alpha value is -6.23. The van der Waals surface area contributed by atoms with Gasteiger partial charge in [-0.2, -0.15) is 0 Å². The minimum atomic E-state index is -0.538. The first kappa shape index (κ1) is 28.6. The average Bonchev–Trinajstić information content (AvgIpc) is 3.72. The quantitative estimate of drug-likeness (QED) is 0.188. The molecular formula is C47H28N2OS. The lowest BCUT2D eigenvalue weighted by molar-refractivity contribution is 0.669. The zero-order chi connectivity index (χ0) is 33.5. The zero-order valence-corrected chi connectivity index (χ0v) is 28.2. The van der Waals surface area contributed by atoms with Crippen molar-refractivity contribution in [2.45, 2.75) is 15.2 Å². The van der Waals surface area contributed by atoms with Crippen LogP contribution in [0.15, 0.2) is 184 Å². The molecule has 11 rings (SSSR count). The molecule has 1 aliphatic carbocycles. The van der Waals surface area contributed by atoms with Gasteiger partial charge in [-0.3, -0.25) is 0 Å². The summed E-state index contributed by atoms with van der Waals surface area (Å²) in [4.78, 5) is 13.0. The predicted molar refractivity (Wildman–Crippen MR) is 207 cm³/mol. The van der Waals surface area contributed by atoms with Gasteiger partial charge in [-0.15, -0.1) is 0 Å². The van der Waals surface area contributed by atoms with Crippen molar-refractivity contribution in [1.82, 2.24) is 9.97 Å². The molecule has 0 amide bonds. The number of benzene rings is 7. The van der Waals surface area contributed by atoms with E-state index in [4.69, 9.17) is 14.4 Å². The summed E-state index contributed by atoms with van der Waals surface area (Å²) >= 11 is 1.86.